The normalized spacial score (nSPS) is 38.7. The van der Waals surface area contributed by atoms with Crippen LogP contribution >= 0.6 is 0 Å². The average molecular weight is 270 g/mol. The number of aliphatic hydroxyl groups is 1. The predicted octanol–water partition coefficient (Wildman–Crippen LogP) is 3.53. The number of rotatable bonds is 0. The molecule has 0 radical (unpaired) electrons. The number of aromatic hydroxyl groups is 1. The van der Waals surface area contributed by atoms with E-state index >= 15 is 0 Å². The average Bonchev–Trinajstić information content (AvgIpc) is 2.74. The van der Waals surface area contributed by atoms with Gasteiger partial charge in [-0.25, -0.2) is 0 Å². The van der Waals surface area contributed by atoms with Gasteiger partial charge in [-0.2, -0.15) is 0 Å². The number of aliphatic hydroxyl groups excluding tert-OH is 1. The first-order valence-electron chi connectivity index (χ1n) is 7.79. The molecule has 3 unspecified atom stereocenters. The van der Waals surface area contributed by atoms with Crippen molar-refractivity contribution in [1.29, 1.82) is 0 Å². The highest BCUT2D eigenvalue weighted by atomic mass is 16.3. The van der Waals surface area contributed by atoms with Crippen LogP contribution in [0.1, 0.15) is 49.7 Å². The number of benzene rings is 1. The third-order valence-corrected chi connectivity index (χ3v) is 6.12. The molecule has 0 aliphatic heterocycles. The maximum Gasteiger partial charge on any atom is 0.115 e. The Morgan fingerprint density at radius 2 is 2.05 bits per heavy atom. The summed E-state index contributed by atoms with van der Waals surface area (Å²) in [4.78, 5) is 0. The molecule has 2 fully saturated rings. The third-order valence-electron chi connectivity index (χ3n) is 6.12. The lowest BCUT2D eigenvalue weighted by Gasteiger charge is -2.46. The molecule has 0 aromatic heterocycles. The van der Waals surface area contributed by atoms with E-state index in [1.54, 1.807) is 5.57 Å². The van der Waals surface area contributed by atoms with Gasteiger partial charge in [0.2, 0.25) is 0 Å². The van der Waals surface area contributed by atoms with Gasteiger partial charge in [0.05, 0.1) is 6.10 Å². The smallest absolute Gasteiger partial charge is 0.115 e. The van der Waals surface area contributed by atoms with Crippen LogP contribution in [0.4, 0.5) is 0 Å². The molecule has 106 valence electrons. The third kappa shape index (κ3) is 1.54. The Labute approximate surface area is 120 Å². The Hall–Kier alpha value is -1.28. The molecular formula is C18H22O2. The molecular weight excluding hydrogens is 248 g/mol. The zero-order valence-electron chi connectivity index (χ0n) is 12.0. The highest BCUT2D eigenvalue weighted by Crippen LogP contribution is 2.59. The van der Waals surface area contributed by atoms with Gasteiger partial charge in [-0.3, -0.25) is 0 Å². The van der Waals surface area contributed by atoms with Gasteiger partial charge < -0.3 is 10.2 Å². The van der Waals surface area contributed by atoms with Gasteiger partial charge in [-0.05, 0) is 61.3 Å². The summed E-state index contributed by atoms with van der Waals surface area (Å²) in [6, 6.07) is 5.84. The first kappa shape index (κ1) is 12.5. The molecule has 0 amide bonds. The van der Waals surface area contributed by atoms with Gasteiger partial charge in [0.1, 0.15) is 5.75 Å². The van der Waals surface area contributed by atoms with Crippen LogP contribution in [0.2, 0.25) is 0 Å². The van der Waals surface area contributed by atoms with Crippen LogP contribution < -0.4 is 0 Å². The molecule has 0 saturated heterocycles. The number of allylic oxidation sites excluding steroid dienone is 2. The standard InChI is InChI=1S/C18H22O2/c1-18-9-8-14-13-5-3-12(19)10-11(13)2-4-15(14)16(18)6-7-17(18)20/h3-5,10,14,16-17,19-20H,2,6-9H2,1H3/t14?,16?,17-,18?/m0/s1. The zero-order valence-corrected chi connectivity index (χ0v) is 12.0. The maximum atomic E-state index is 10.3. The molecule has 0 heterocycles. The van der Waals surface area contributed by atoms with Crippen molar-refractivity contribution in [3.8, 4) is 5.75 Å². The summed E-state index contributed by atoms with van der Waals surface area (Å²) in [6.07, 6.45) is 7.51. The molecule has 4 atom stereocenters. The molecule has 4 rings (SSSR count). The minimum Gasteiger partial charge on any atom is -0.508 e. The molecule has 2 N–H and O–H groups in total. The van der Waals surface area contributed by atoms with Crippen molar-refractivity contribution in [3.05, 3.63) is 41.0 Å². The SMILES string of the molecule is CC12CCC3C(=CCc4cc(O)ccc43)C1CC[C@@H]2O. The van der Waals surface area contributed by atoms with Gasteiger partial charge in [0.15, 0.2) is 0 Å². The summed E-state index contributed by atoms with van der Waals surface area (Å²) in [6.45, 7) is 2.28. The second-order valence-corrected chi connectivity index (χ2v) is 7.03. The molecule has 2 saturated carbocycles. The lowest BCUT2D eigenvalue weighted by Crippen LogP contribution is -2.39. The predicted molar refractivity (Wildman–Crippen MR) is 78.7 cm³/mol. The maximum absolute atomic E-state index is 10.3. The van der Waals surface area contributed by atoms with Gasteiger partial charge in [0, 0.05) is 11.3 Å². The molecule has 3 aliphatic rings. The van der Waals surface area contributed by atoms with E-state index in [9.17, 15) is 10.2 Å². The fourth-order valence-electron chi connectivity index (χ4n) is 4.93. The molecule has 3 aliphatic carbocycles. The van der Waals surface area contributed by atoms with Crippen molar-refractivity contribution in [2.75, 3.05) is 0 Å². The van der Waals surface area contributed by atoms with E-state index in [1.165, 1.54) is 11.1 Å². The van der Waals surface area contributed by atoms with Crippen LogP contribution in [0.5, 0.6) is 5.75 Å². The summed E-state index contributed by atoms with van der Waals surface area (Å²) in [7, 11) is 0. The van der Waals surface area contributed by atoms with Crippen LogP contribution in [-0.2, 0) is 6.42 Å². The first-order chi connectivity index (χ1) is 9.59. The van der Waals surface area contributed by atoms with Crippen molar-refractivity contribution in [2.45, 2.75) is 51.0 Å². The Bertz CT molecular complexity index is 589. The van der Waals surface area contributed by atoms with E-state index in [0.29, 0.717) is 17.6 Å². The van der Waals surface area contributed by atoms with Crippen molar-refractivity contribution in [1.82, 2.24) is 0 Å². The lowest BCUT2D eigenvalue weighted by molar-refractivity contribution is 0.0267. The molecule has 2 nitrogen and oxygen atoms in total. The van der Waals surface area contributed by atoms with Crippen LogP contribution in [0.25, 0.3) is 0 Å². The van der Waals surface area contributed by atoms with Crippen molar-refractivity contribution >= 4 is 0 Å². The number of phenolic OH excluding ortho intramolecular Hbond substituents is 1. The molecule has 1 aromatic rings. The number of hydrogen-bond donors (Lipinski definition) is 2. The summed E-state index contributed by atoms with van der Waals surface area (Å²) in [5, 5.41) is 20.0. The van der Waals surface area contributed by atoms with Gasteiger partial charge in [-0.1, -0.05) is 24.6 Å². The molecule has 0 bridgehead atoms. The number of fused-ring (bicyclic) bond motifs is 5. The Morgan fingerprint density at radius 3 is 2.90 bits per heavy atom. The molecule has 0 spiro atoms. The van der Waals surface area contributed by atoms with E-state index in [1.807, 2.05) is 12.1 Å². The second-order valence-electron chi connectivity index (χ2n) is 7.03. The summed E-state index contributed by atoms with van der Waals surface area (Å²) >= 11 is 0. The van der Waals surface area contributed by atoms with Crippen molar-refractivity contribution in [3.63, 3.8) is 0 Å². The van der Waals surface area contributed by atoms with E-state index in [2.05, 4.69) is 19.1 Å². The number of phenols is 1. The largest absolute Gasteiger partial charge is 0.508 e. The summed E-state index contributed by atoms with van der Waals surface area (Å²) in [5.41, 5.74) is 4.34. The lowest BCUT2D eigenvalue weighted by atomic mass is 9.59. The Morgan fingerprint density at radius 1 is 1.20 bits per heavy atom. The van der Waals surface area contributed by atoms with Crippen LogP contribution in [0.15, 0.2) is 29.8 Å². The highest BCUT2D eigenvalue weighted by Gasteiger charge is 2.51. The topological polar surface area (TPSA) is 40.5 Å². The minimum atomic E-state index is -0.129. The molecule has 1 aromatic carbocycles. The quantitative estimate of drug-likeness (QED) is 0.708. The highest BCUT2D eigenvalue weighted by molar-refractivity contribution is 5.47. The first-order valence-corrected chi connectivity index (χ1v) is 7.79. The zero-order chi connectivity index (χ0) is 13.9. The Balaban J connectivity index is 1.76. The monoisotopic (exact) mass is 270 g/mol. The Kier molecular flexibility index (Phi) is 2.56. The summed E-state index contributed by atoms with van der Waals surface area (Å²) in [5.74, 6) is 1.44. The summed E-state index contributed by atoms with van der Waals surface area (Å²) < 4.78 is 0. The van der Waals surface area contributed by atoms with Gasteiger partial charge in [0.25, 0.3) is 0 Å². The van der Waals surface area contributed by atoms with Crippen molar-refractivity contribution in [2.24, 2.45) is 11.3 Å². The van der Waals surface area contributed by atoms with Crippen LogP contribution in [0, 0.1) is 11.3 Å². The van der Waals surface area contributed by atoms with Crippen LogP contribution in [-0.4, -0.2) is 16.3 Å². The van der Waals surface area contributed by atoms with Crippen molar-refractivity contribution < 1.29 is 10.2 Å². The van der Waals surface area contributed by atoms with E-state index in [-0.39, 0.29) is 11.5 Å². The molecule has 20 heavy (non-hydrogen) atoms. The van der Waals surface area contributed by atoms with Crippen LogP contribution in [0.3, 0.4) is 0 Å². The number of hydrogen-bond acceptors (Lipinski definition) is 2. The fraction of sp³-hybridized carbons (Fsp3) is 0.556. The second kappa shape index (κ2) is 4.11. The minimum absolute atomic E-state index is 0.0940. The van der Waals surface area contributed by atoms with Gasteiger partial charge in [-0.15, -0.1) is 0 Å². The van der Waals surface area contributed by atoms with Gasteiger partial charge >= 0.3 is 0 Å². The molecule has 2 heteroatoms. The van der Waals surface area contributed by atoms with E-state index in [0.717, 1.165) is 32.1 Å². The fourth-order valence-corrected chi connectivity index (χ4v) is 4.93. The van der Waals surface area contributed by atoms with E-state index < -0.39 is 0 Å². The van der Waals surface area contributed by atoms with E-state index in [4.69, 9.17) is 0 Å².